The first-order valence-electron chi connectivity index (χ1n) is 8.13. The standard InChI is InChI=1S/C18H17N5O2/c19-18(25)13-5-3-12(4-6-13)14-10-23-15(8-20-14)21-9-16(23)22-17(24)7-11-1-2-11/h3-6,8-11H,1-2,7H2,(H2,19,25)(H,22,24). The van der Waals surface area contributed by atoms with Crippen LogP contribution in [-0.2, 0) is 4.79 Å². The molecule has 0 saturated heterocycles. The van der Waals surface area contributed by atoms with Crippen LogP contribution >= 0.6 is 0 Å². The van der Waals surface area contributed by atoms with Crippen LogP contribution < -0.4 is 11.1 Å². The SMILES string of the molecule is NC(=O)c1ccc(-c2cn3c(NC(=O)CC4CC4)cnc3cn2)cc1. The molecular formula is C18H17N5O2. The molecule has 126 valence electrons. The summed E-state index contributed by atoms with van der Waals surface area (Å²) in [6.45, 7) is 0. The van der Waals surface area contributed by atoms with Gasteiger partial charge in [0.25, 0.3) is 0 Å². The summed E-state index contributed by atoms with van der Waals surface area (Å²) >= 11 is 0. The Hall–Kier alpha value is -3.22. The normalized spacial score (nSPS) is 13.8. The Kier molecular flexibility index (Phi) is 3.68. The van der Waals surface area contributed by atoms with Gasteiger partial charge in [-0.1, -0.05) is 12.1 Å². The van der Waals surface area contributed by atoms with Gasteiger partial charge in [-0.15, -0.1) is 0 Å². The smallest absolute Gasteiger partial charge is 0.248 e. The number of hydrogen-bond donors (Lipinski definition) is 2. The Morgan fingerprint density at radius 1 is 1.16 bits per heavy atom. The van der Waals surface area contributed by atoms with Gasteiger partial charge in [0.05, 0.1) is 18.1 Å². The Bertz CT molecular complexity index is 957. The number of rotatable bonds is 5. The van der Waals surface area contributed by atoms with Crippen molar-refractivity contribution in [3.05, 3.63) is 48.4 Å². The number of fused-ring (bicyclic) bond motifs is 1. The minimum Gasteiger partial charge on any atom is -0.366 e. The van der Waals surface area contributed by atoms with Gasteiger partial charge in [-0.3, -0.25) is 19.0 Å². The van der Waals surface area contributed by atoms with Crippen LogP contribution in [0.25, 0.3) is 16.9 Å². The number of nitrogens with two attached hydrogens (primary N) is 1. The monoisotopic (exact) mass is 335 g/mol. The number of anilines is 1. The summed E-state index contributed by atoms with van der Waals surface area (Å²) in [6, 6.07) is 6.90. The average Bonchev–Trinajstić information content (AvgIpc) is 3.34. The molecule has 0 spiro atoms. The molecule has 3 aromatic rings. The first-order valence-corrected chi connectivity index (χ1v) is 8.13. The molecule has 1 aliphatic rings. The molecule has 0 radical (unpaired) electrons. The van der Waals surface area contributed by atoms with E-state index < -0.39 is 5.91 Å². The molecule has 1 saturated carbocycles. The zero-order valence-corrected chi connectivity index (χ0v) is 13.5. The lowest BCUT2D eigenvalue weighted by Crippen LogP contribution is -2.13. The molecule has 7 heteroatoms. The Morgan fingerprint density at radius 2 is 1.92 bits per heavy atom. The fourth-order valence-electron chi connectivity index (χ4n) is 2.71. The van der Waals surface area contributed by atoms with Crippen LogP contribution in [0.3, 0.4) is 0 Å². The third kappa shape index (κ3) is 3.21. The van der Waals surface area contributed by atoms with Gasteiger partial charge in [0.15, 0.2) is 5.65 Å². The summed E-state index contributed by atoms with van der Waals surface area (Å²) in [5.41, 5.74) is 7.91. The highest BCUT2D eigenvalue weighted by Crippen LogP contribution is 2.32. The van der Waals surface area contributed by atoms with Gasteiger partial charge in [0.2, 0.25) is 11.8 Å². The van der Waals surface area contributed by atoms with Gasteiger partial charge < -0.3 is 11.1 Å². The quantitative estimate of drug-likeness (QED) is 0.746. The van der Waals surface area contributed by atoms with Crippen molar-refractivity contribution in [2.45, 2.75) is 19.3 Å². The second-order valence-electron chi connectivity index (χ2n) is 6.28. The van der Waals surface area contributed by atoms with E-state index in [4.69, 9.17) is 5.73 Å². The van der Waals surface area contributed by atoms with E-state index in [2.05, 4.69) is 15.3 Å². The van der Waals surface area contributed by atoms with Crippen molar-refractivity contribution in [2.75, 3.05) is 5.32 Å². The maximum absolute atomic E-state index is 12.0. The van der Waals surface area contributed by atoms with E-state index in [1.54, 1.807) is 41.1 Å². The molecule has 3 N–H and O–H groups in total. The minimum atomic E-state index is -0.467. The van der Waals surface area contributed by atoms with Gasteiger partial charge in [-0.05, 0) is 30.9 Å². The molecule has 4 rings (SSSR count). The summed E-state index contributed by atoms with van der Waals surface area (Å²) in [5.74, 6) is 0.692. The van der Waals surface area contributed by atoms with Crippen molar-refractivity contribution >= 4 is 23.3 Å². The molecule has 0 aliphatic heterocycles. The van der Waals surface area contributed by atoms with Crippen molar-refractivity contribution in [3.8, 4) is 11.3 Å². The number of benzene rings is 1. The van der Waals surface area contributed by atoms with Crippen molar-refractivity contribution in [1.29, 1.82) is 0 Å². The molecule has 0 bridgehead atoms. The predicted octanol–water partition coefficient (Wildman–Crippen LogP) is 2.23. The fourth-order valence-corrected chi connectivity index (χ4v) is 2.71. The van der Waals surface area contributed by atoms with E-state index in [9.17, 15) is 9.59 Å². The van der Waals surface area contributed by atoms with Crippen LogP contribution in [0.4, 0.5) is 5.82 Å². The number of imidazole rings is 1. The van der Waals surface area contributed by atoms with Crippen molar-refractivity contribution in [3.63, 3.8) is 0 Å². The number of nitrogens with zero attached hydrogens (tertiary/aromatic N) is 3. The number of carbonyl (C=O) groups excluding carboxylic acids is 2. The molecule has 1 aromatic carbocycles. The first-order chi connectivity index (χ1) is 12.1. The lowest BCUT2D eigenvalue weighted by molar-refractivity contribution is -0.116. The number of amides is 2. The van der Waals surface area contributed by atoms with E-state index in [1.807, 2.05) is 6.20 Å². The molecule has 0 unspecified atom stereocenters. The topological polar surface area (TPSA) is 102 Å². The summed E-state index contributed by atoms with van der Waals surface area (Å²) in [6.07, 6.45) is 7.91. The molecule has 25 heavy (non-hydrogen) atoms. The van der Waals surface area contributed by atoms with Crippen LogP contribution in [-0.4, -0.2) is 26.2 Å². The van der Waals surface area contributed by atoms with Gasteiger partial charge in [0, 0.05) is 23.7 Å². The number of nitrogens with one attached hydrogen (secondary N) is 1. The van der Waals surface area contributed by atoms with Crippen LogP contribution in [0, 0.1) is 5.92 Å². The number of hydrogen-bond acceptors (Lipinski definition) is 4. The van der Waals surface area contributed by atoms with E-state index in [0.717, 1.165) is 18.4 Å². The molecular weight excluding hydrogens is 318 g/mol. The van der Waals surface area contributed by atoms with E-state index in [-0.39, 0.29) is 5.91 Å². The van der Waals surface area contributed by atoms with Crippen LogP contribution in [0.5, 0.6) is 0 Å². The van der Waals surface area contributed by atoms with Gasteiger partial charge in [-0.2, -0.15) is 0 Å². The van der Waals surface area contributed by atoms with Crippen LogP contribution in [0.15, 0.2) is 42.9 Å². The van der Waals surface area contributed by atoms with E-state index >= 15 is 0 Å². The highest BCUT2D eigenvalue weighted by Gasteiger charge is 2.24. The van der Waals surface area contributed by atoms with Crippen molar-refractivity contribution < 1.29 is 9.59 Å². The molecule has 1 aliphatic carbocycles. The summed E-state index contributed by atoms with van der Waals surface area (Å²) < 4.78 is 1.80. The minimum absolute atomic E-state index is 0.00785. The van der Waals surface area contributed by atoms with Gasteiger partial charge >= 0.3 is 0 Å². The average molecular weight is 335 g/mol. The van der Waals surface area contributed by atoms with Gasteiger partial charge in [-0.25, -0.2) is 4.98 Å². The Labute approximate surface area is 143 Å². The predicted molar refractivity (Wildman–Crippen MR) is 92.9 cm³/mol. The second kappa shape index (κ2) is 6.01. The maximum Gasteiger partial charge on any atom is 0.248 e. The van der Waals surface area contributed by atoms with Crippen molar-refractivity contribution in [2.24, 2.45) is 11.7 Å². The van der Waals surface area contributed by atoms with Crippen LogP contribution in [0.2, 0.25) is 0 Å². The Balaban J connectivity index is 1.63. The van der Waals surface area contributed by atoms with Gasteiger partial charge in [0.1, 0.15) is 5.82 Å². The number of primary amides is 1. The third-order valence-electron chi connectivity index (χ3n) is 4.30. The van der Waals surface area contributed by atoms with Crippen molar-refractivity contribution in [1.82, 2.24) is 14.4 Å². The summed E-state index contributed by atoms with van der Waals surface area (Å²) in [4.78, 5) is 31.9. The van der Waals surface area contributed by atoms with E-state index in [1.165, 1.54) is 0 Å². The van der Waals surface area contributed by atoms with Crippen LogP contribution in [0.1, 0.15) is 29.6 Å². The first kappa shape index (κ1) is 15.3. The lowest BCUT2D eigenvalue weighted by atomic mass is 10.1. The van der Waals surface area contributed by atoms with E-state index in [0.29, 0.717) is 35.1 Å². The third-order valence-corrected chi connectivity index (χ3v) is 4.30. The maximum atomic E-state index is 12.0. The molecule has 7 nitrogen and oxygen atoms in total. The highest BCUT2D eigenvalue weighted by atomic mass is 16.2. The number of carbonyl (C=O) groups is 2. The molecule has 2 aromatic heterocycles. The summed E-state index contributed by atoms with van der Waals surface area (Å²) in [5, 5.41) is 2.91. The largest absolute Gasteiger partial charge is 0.366 e. The zero-order valence-electron chi connectivity index (χ0n) is 13.5. The fraction of sp³-hybridized carbons (Fsp3) is 0.222. The highest BCUT2D eigenvalue weighted by molar-refractivity contribution is 5.93. The number of aromatic nitrogens is 3. The lowest BCUT2D eigenvalue weighted by Gasteiger charge is -2.07. The Morgan fingerprint density at radius 3 is 2.60 bits per heavy atom. The molecule has 2 amide bonds. The molecule has 2 heterocycles. The zero-order chi connectivity index (χ0) is 17.4. The molecule has 0 atom stereocenters. The second-order valence-corrected chi connectivity index (χ2v) is 6.28. The molecule has 1 fully saturated rings. The summed E-state index contributed by atoms with van der Waals surface area (Å²) in [7, 11) is 0.